The summed E-state index contributed by atoms with van der Waals surface area (Å²) in [5.41, 5.74) is 5.39. The number of carbonyl (C=O) groups excluding carboxylic acids is 2. The van der Waals surface area contributed by atoms with Crippen molar-refractivity contribution in [1.29, 1.82) is 0 Å². The summed E-state index contributed by atoms with van der Waals surface area (Å²) in [7, 11) is 0. The van der Waals surface area contributed by atoms with Crippen LogP contribution in [0.2, 0.25) is 0 Å². The van der Waals surface area contributed by atoms with E-state index in [0.717, 1.165) is 12.1 Å². The van der Waals surface area contributed by atoms with Crippen LogP contribution >= 0.6 is 0 Å². The third-order valence-electron chi connectivity index (χ3n) is 2.56. The molecule has 0 heterocycles. The number of benzene rings is 2. The summed E-state index contributed by atoms with van der Waals surface area (Å²) in [6.45, 7) is 0. The van der Waals surface area contributed by atoms with Crippen molar-refractivity contribution in [3.63, 3.8) is 0 Å². The van der Waals surface area contributed by atoms with Crippen LogP contribution < -0.4 is 16.4 Å². The molecule has 0 aliphatic rings. The van der Waals surface area contributed by atoms with Gasteiger partial charge in [-0.1, -0.05) is 6.07 Å². The molecule has 108 valence electrons. The molecule has 0 spiro atoms. The Morgan fingerprint density at radius 1 is 0.952 bits per heavy atom. The van der Waals surface area contributed by atoms with Crippen molar-refractivity contribution in [2.45, 2.75) is 0 Å². The highest BCUT2D eigenvalue weighted by Gasteiger charge is 2.12. The van der Waals surface area contributed by atoms with Crippen LogP contribution in [0.15, 0.2) is 42.5 Å². The molecule has 0 bridgehead atoms. The Morgan fingerprint density at radius 3 is 2.24 bits per heavy atom. The molecule has 0 atom stereocenters. The van der Waals surface area contributed by atoms with Crippen LogP contribution in [0.4, 0.5) is 25.0 Å². The van der Waals surface area contributed by atoms with Crippen molar-refractivity contribution in [1.82, 2.24) is 0 Å². The van der Waals surface area contributed by atoms with Gasteiger partial charge < -0.3 is 16.4 Å². The second-order valence-corrected chi connectivity index (χ2v) is 4.15. The fraction of sp³-hybridized carbons (Fsp3) is 0. The molecule has 0 saturated heterocycles. The third-order valence-corrected chi connectivity index (χ3v) is 2.56. The van der Waals surface area contributed by atoms with Gasteiger partial charge in [-0.25, -0.2) is 13.6 Å². The van der Waals surface area contributed by atoms with E-state index in [1.165, 1.54) is 6.07 Å². The molecule has 0 aromatic heterocycles. The van der Waals surface area contributed by atoms with Gasteiger partial charge in [0.05, 0.1) is 5.56 Å². The number of carbonyl (C=O) groups is 2. The molecule has 0 fully saturated rings. The van der Waals surface area contributed by atoms with E-state index in [4.69, 9.17) is 5.73 Å². The zero-order valence-corrected chi connectivity index (χ0v) is 10.7. The Balaban J connectivity index is 2.17. The molecule has 0 radical (unpaired) electrons. The molecule has 0 saturated carbocycles. The maximum atomic E-state index is 13.5. The van der Waals surface area contributed by atoms with E-state index in [1.807, 2.05) is 0 Å². The average Bonchev–Trinajstić information content (AvgIpc) is 2.37. The minimum absolute atomic E-state index is 0.287. The van der Waals surface area contributed by atoms with Gasteiger partial charge >= 0.3 is 6.03 Å². The zero-order valence-electron chi connectivity index (χ0n) is 10.7. The average molecular weight is 291 g/mol. The van der Waals surface area contributed by atoms with E-state index in [1.54, 1.807) is 18.2 Å². The summed E-state index contributed by atoms with van der Waals surface area (Å²) < 4.78 is 26.3. The summed E-state index contributed by atoms with van der Waals surface area (Å²) in [5, 5.41) is 4.78. The van der Waals surface area contributed by atoms with Gasteiger partial charge in [0.25, 0.3) is 5.91 Å². The van der Waals surface area contributed by atoms with Crippen LogP contribution in [-0.4, -0.2) is 11.9 Å². The molecule has 2 aromatic rings. The molecule has 0 aliphatic heterocycles. The second-order valence-electron chi connectivity index (χ2n) is 4.15. The fourth-order valence-corrected chi connectivity index (χ4v) is 1.69. The van der Waals surface area contributed by atoms with E-state index < -0.39 is 23.6 Å². The van der Waals surface area contributed by atoms with Crippen LogP contribution in [-0.2, 0) is 0 Å². The van der Waals surface area contributed by atoms with Crippen molar-refractivity contribution < 1.29 is 18.4 Å². The lowest BCUT2D eigenvalue weighted by Gasteiger charge is -2.08. The maximum absolute atomic E-state index is 13.5. The quantitative estimate of drug-likeness (QED) is 0.812. The number of primary amides is 1. The monoisotopic (exact) mass is 291 g/mol. The standard InChI is InChI=1S/C14H11F2N3O2/c15-8-4-5-11(12(16)6-8)13(20)18-9-2-1-3-10(7-9)19-14(17)21/h1-7H,(H,18,20)(H3,17,19,21). The lowest BCUT2D eigenvalue weighted by Crippen LogP contribution is -2.19. The van der Waals surface area contributed by atoms with E-state index in [9.17, 15) is 18.4 Å². The van der Waals surface area contributed by atoms with Crippen LogP contribution in [0, 0.1) is 11.6 Å². The van der Waals surface area contributed by atoms with Gasteiger partial charge in [0.15, 0.2) is 0 Å². The van der Waals surface area contributed by atoms with E-state index in [2.05, 4.69) is 10.6 Å². The SMILES string of the molecule is NC(=O)Nc1cccc(NC(=O)c2ccc(F)cc2F)c1. The number of halogens is 2. The molecule has 21 heavy (non-hydrogen) atoms. The van der Waals surface area contributed by atoms with E-state index in [0.29, 0.717) is 17.4 Å². The predicted octanol–water partition coefficient (Wildman–Crippen LogP) is 2.71. The Hall–Kier alpha value is -2.96. The van der Waals surface area contributed by atoms with E-state index in [-0.39, 0.29) is 5.56 Å². The van der Waals surface area contributed by atoms with Crippen LogP contribution in [0.1, 0.15) is 10.4 Å². The molecular weight excluding hydrogens is 280 g/mol. The summed E-state index contributed by atoms with van der Waals surface area (Å²) in [4.78, 5) is 22.6. The van der Waals surface area contributed by atoms with Crippen molar-refractivity contribution >= 4 is 23.3 Å². The first-order valence-electron chi connectivity index (χ1n) is 5.88. The number of urea groups is 1. The second kappa shape index (κ2) is 6.00. The fourth-order valence-electron chi connectivity index (χ4n) is 1.69. The Labute approximate surface area is 118 Å². The van der Waals surface area contributed by atoms with Crippen LogP contribution in [0.3, 0.4) is 0 Å². The molecule has 2 aromatic carbocycles. The van der Waals surface area contributed by atoms with Crippen molar-refractivity contribution in [2.24, 2.45) is 5.73 Å². The summed E-state index contributed by atoms with van der Waals surface area (Å²) in [6, 6.07) is 8.05. The molecule has 2 rings (SSSR count). The van der Waals surface area contributed by atoms with Gasteiger partial charge in [-0.15, -0.1) is 0 Å². The Kier molecular flexibility index (Phi) is 4.13. The lowest BCUT2D eigenvalue weighted by molar-refractivity contribution is 0.102. The number of nitrogens with one attached hydrogen (secondary N) is 2. The number of rotatable bonds is 3. The number of hydrogen-bond donors (Lipinski definition) is 3. The van der Waals surface area contributed by atoms with E-state index >= 15 is 0 Å². The number of amides is 3. The molecule has 4 N–H and O–H groups in total. The zero-order chi connectivity index (χ0) is 15.4. The smallest absolute Gasteiger partial charge is 0.316 e. The summed E-state index contributed by atoms with van der Waals surface area (Å²) in [6.07, 6.45) is 0. The lowest BCUT2D eigenvalue weighted by atomic mass is 10.2. The largest absolute Gasteiger partial charge is 0.351 e. The normalized spacial score (nSPS) is 10.0. The minimum atomic E-state index is -0.959. The van der Waals surface area contributed by atoms with Crippen molar-refractivity contribution in [3.8, 4) is 0 Å². The number of nitrogens with two attached hydrogens (primary N) is 1. The maximum Gasteiger partial charge on any atom is 0.316 e. The molecule has 5 nitrogen and oxygen atoms in total. The molecule has 3 amide bonds. The number of anilines is 2. The molecule has 0 aliphatic carbocycles. The van der Waals surface area contributed by atoms with Crippen LogP contribution in [0.5, 0.6) is 0 Å². The first-order chi connectivity index (χ1) is 9.95. The Bertz CT molecular complexity index is 704. The highest BCUT2D eigenvalue weighted by molar-refractivity contribution is 6.04. The highest BCUT2D eigenvalue weighted by Crippen LogP contribution is 2.17. The van der Waals surface area contributed by atoms with Gasteiger partial charge in [0.1, 0.15) is 11.6 Å². The predicted molar refractivity (Wildman–Crippen MR) is 74.0 cm³/mol. The van der Waals surface area contributed by atoms with Crippen molar-refractivity contribution in [2.75, 3.05) is 10.6 Å². The van der Waals surface area contributed by atoms with Gasteiger partial charge in [-0.05, 0) is 30.3 Å². The first-order valence-corrected chi connectivity index (χ1v) is 5.88. The third kappa shape index (κ3) is 3.75. The van der Waals surface area contributed by atoms with Crippen molar-refractivity contribution in [3.05, 3.63) is 59.7 Å². The van der Waals surface area contributed by atoms with Gasteiger partial charge in [0.2, 0.25) is 0 Å². The summed E-state index contributed by atoms with van der Waals surface area (Å²) in [5.74, 6) is -2.46. The van der Waals surface area contributed by atoms with Gasteiger partial charge in [-0.2, -0.15) is 0 Å². The summed E-state index contributed by atoms with van der Waals surface area (Å²) >= 11 is 0. The highest BCUT2D eigenvalue weighted by atomic mass is 19.1. The first kappa shape index (κ1) is 14.4. The Morgan fingerprint density at radius 2 is 1.62 bits per heavy atom. The molecule has 0 unspecified atom stereocenters. The number of hydrogen-bond acceptors (Lipinski definition) is 2. The van der Waals surface area contributed by atoms with Gasteiger partial charge in [-0.3, -0.25) is 4.79 Å². The van der Waals surface area contributed by atoms with Gasteiger partial charge in [0, 0.05) is 17.4 Å². The minimum Gasteiger partial charge on any atom is -0.351 e. The van der Waals surface area contributed by atoms with Crippen LogP contribution in [0.25, 0.3) is 0 Å². The molecular formula is C14H11F2N3O2. The molecule has 7 heteroatoms. The topological polar surface area (TPSA) is 84.2 Å².